The Morgan fingerprint density at radius 1 is 1.47 bits per heavy atom. The van der Waals surface area contributed by atoms with Crippen LogP contribution in [0.4, 0.5) is 0 Å². The molecule has 2 heterocycles. The zero-order valence-corrected chi connectivity index (χ0v) is 12.1. The number of carbonyl (C=O) groups excluding carboxylic acids is 1. The molecule has 0 spiro atoms. The van der Waals surface area contributed by atoms with Crippen molar-refractivity contribution in [3.05, 3.63) is 17.5 Å². The highest BCUT2D eigenvalue weighted by atomic mass is 16.5. The number of methoxy groups -OCH3 is 1. The Morgan fingerprint density at radius 2 is 2.16 bits per heavy atom. The van der Waals surface area contributed by atoms with Gasteiger partial charge in [-0.05, 0) is 44.8 Å². The number of aromatic nitrogens is 2. The fraction of sp³-hybridized carbons (Fsp3) is 0.714. The molecule has 2 rings (SSSR count). The van der Waals surface area contributed by atoms with Crippen molar-refractivity contribution in [2.24, 2.45) is 13.0 Å². The monoisotopic (exact) mass is 265 g/mol. The zero-order chi connectivity index (χ0) is 13.8. The summed E-state index contributed by atoms with van der Waals surface area (Å²) in [6, 6.07) is 2.14. The van der Waals surface area contributed by atoms with E-state index in [0.29, 0.717) is 12.3 Å². The van der Waals surface area contributed by atoms with Gasteiger partial charge >= 0.3 is 5.97 Å². The summed E-state index contributed by atoms with van der Waals surface area (Å²) in [5.74, 6) is 0.401. The summed E-state index contributed by atoms with van der Waals surface area (Å²) >= 11 is 0. The Balaban J connectivity index is 1.80. The maximum atomic E-state index is 11.3. The molecular formula is C14H23N3O2. The second-order valence-corrected chi connectivity index (χ2v) is 5.40. The highest BCUT2D eigenvalue weighted by Crippen LogP contribution is 2.22. The quantitative estimate of drug-likeness (QED) is 0.774. The molecule has 5 heteroatoms. The number of hydrogen-bond acceptors (Lipinski definition) is 4. The van der Waals surface area contributed by atoms with E-state index in [2.05, 4.69) is 16.1 Å². The molecule has 0 aliphatic carbocycles. The first-order chi connectivity index (χ1) is 9.08. The number of likely N-dealkylation sites (tertiary alicyclic amines) is 1. The van der Waals surface area contributed by atoms with Gasteiger partial charge in [-0.1, -0.05) is 0 Å². The molecule has 5 nitrogen and oxygen atoms in total. The zero-order valence-electron chi connectivity index (χ0n) is 12.1. The minimum absolute atomic E-state index is 0.0827. The number of piperidine rings is 1. The van der Waals surface area contributed by atoms with Gasteiger partial charge < -0.3 is 4.74 Å². The van der Waals surface area contributed by atoms with Crippen molar-refractivity contribution in [1.29, 1.82) is 0 Å². The van der Waals surface area contributed by atoms with Gasteiger partial charge in [0.2, 0.25) is 0 Å². The lowest BCUT2D eigenvalue weighted by Gasteiger charge is -2.31. The van der Waals surface area contributed by atoms with Gasteiger partial charge in [0, 0.05) is 20.0 Å². The van der Waals surface area contributed by atoms with Crippen LogP contribution < -0.4 is 0 Å². The Kier molecular flexibility index (Phi) is 4.58. The second-order valence-electron chi connectivity index (χ2n) is 5.40. The van der Waals surface area contributed by atoms with Gasteiger partial charge in [0.05, 0.1) is 18.5 Å². The third-order valence-corrected chi connectivity index (χ3v) is 3.87. The molecule has 0 saturated carbocycles. The smallest absolute Gasteiger partial charge is 0.305 e. The second kappa shape index (κ2) is 6.19. The summed E-state index contributed by atoms with van der Waals surface area (Å²) in [4.78, 5) is 13.7. The molecule has 1 fully saturated rings. The van der Waals surface area contributed by atoms with E-state index in [1.165, 1.54) is 12.8 Å². The molecule has 1 aromatic rings. The van der Waals surface area contributed by atoms with E-state index in [4.69, 9.17) is 4.74 Å². The first-order valence-corrected chi connectivity index (χ1v) is 6.87. The van der Waals surface area contributed by atoms with E-state index in [1.54, 1.807) is 0 Å². The number of carbonyl (C=O) groups is 1. The minimum Gasteiger partial charge on any atom is -0.469 e. The molecule has 1 aromatic heterocycles. The fourth-order valence-corrected chi connectivity index (χ4v) is 2.71. The normalized spacial score (nSPS) is 17.6. The molecule has 1 saturated heterocycles. The van der Waals surface area contributed by atoms with Crippen molar-refractivity contribution in [3.63, 3.8) is 0 Å². The van der Waals surface area contributed by atoms with Gasteiger partial charge in [0.25, 0.3) is 0 Å². The van der Waals surface area contributed by atoms with Gasteiger partial charge in [-0.25, -0.2) is 0 Å². The number of ether oxygens (including phenoxy) is 1. The summed E-state index contributed by atoms with van der Waals surface area (Å²) in [6.07, 6.45) is 2.72. The average Bonchev–Trinajstić information content (AvgIpc) is 2.70. The Morgan fingerprint density at radius 3 is 2.68 bits per heavy atom. The molecule has 0 unspecified atom stereocenters. The lowest BCUT2D eigenvalue weighted by Crippen LogP contribution is -2.34. The fourth-order valence-electron chi connectivity index (χ4n) is 2.71. The molecule has 0 amide bonds. The minimum atomic E-state index is -0.0827. The summed E-state index contributed by atoms with van der Waals surface area (Å²) in [5, 5.41) is 4.37. The molecule has 0 aromatic carbocycles. The van der Waals surface area contributed by atoms with Crippen molar-refractivity contribution in [2.75, 3.05) is 20.2 Å². The van der Waals surface area contributed by atoms with E-state index in [1.807, 2.05) is 18.7 Å². The van der Waals surface area contributed by atoms with Crippen LogP contribution in [0.15, 0.2) is 6.07 Å². The van der Waals surface area contributed by atoms with Gasteiger partial charge in [0.1, 0.15) is 0 Å². The van der Waals surface area contributed by atoms with Crippen LogP contribution in [0.3, 0.4) is 0 Å². The number of rotatable bonds is 4. The Labute approximate surface area is 114 Å². The van der Waals surface area contributed by atoms with Gasteiger partial charge in [-0.2, -0.15) is 5.10 Å². The predicted octanol–water partition coefficient (Wildman–Crippen LogP) is 1.50. The average molecular weight is 265 g/mol. The van der Waals surface area contributed by atoms with Gasteiger partial charge in [0.15, 0.2) is 0 Å². The molecule has 19 heavy (non-hydrogen) atoms. The molecular weight excluding hydrogens is 242 g/mol. The number of nitrogens with zero attached hydrogens (tertiary/aromatic N) is 3. The SMILES string of the molecule is COC(=O)CC1CCN(Cc2cc(C)nn2C)CC1. The highest BCUT2D eigenvalue weighted by Gasteiger charge is 2.22. The predicted molar refractivity (Wildman–Crippen MR) is 72.6 cm³/mol. The van der Waals surface area contributed by atoms with Crippen molar-refractivity contribution >= 4 is 5.97 Å². The summed E-state index contributed by atoms with van der Waals surface area (Å²) in [5.41, 5.74) is 2.32. The first-order valence-electron chi connectivity index (χ1n) is 6.87. The summed E-state index contributed by atoms with van der Waals surface area (Å²) < 4.78 is 6.68. The van der Waals surface area contributed by atoms with Crippen molar-refractivity contribution < 1.29 is 9.53 Å². The largest absolute Gasteiger partial charge is 0.469 e. The standard InChI is InChI=1S/C14H23N3O2/c1-11-8-13(16(2)15-11)10-17-6-4-12(5-7-17)9-14(18)19-3/h8,12H,4-7,9-10H2,1-3H3. The summed E-state index contributed by atoms with van der Waals surface area (Å²) in [7, 11) is 3.45. The van der Waals surface area contributed by atoms with E-state index in [-0.39, 0.29) is 5.97 Å². The molecule has 1 aliphatic heterocycles. The molecule has 0 N–H and O–H groups in total. The maximum absolute atomic E-state index is 11.3. The third-order valence-electron chi connectivity index (χ3n) is 3.87. The van der Waals surface area contributed by atoms with Crippen LogP contribution in [0, 0.1) is 12.8 Å². The molecule has 0 bridgehead atoms. The lowest BCUT2D eigenvalue weighted by atomic mass is 9.93. The van der Waals surface area contributed by atoms with Crippen molar-refractivity contribution in [2.45, 2.75) is 32.7 Å². The van der Waals surface area contributed by atoms with Crippen LogP contribution in [0.5, 0.6) is 0 Å². The van der Waals surface area contributed by atoms with Crippen molar-refractivity contribution in [1.82, 2.24) is 14.7 Å². The van der Waals surface area contributed by atoms with E-state index < -0.39 is 0 Å². The first kappa shape index (κ1) is 14.1. The topological polar surface area (TPSA) is 47.4 Å². The molecule has 106 valence electrons. The van der Waals surface area contributed by atoms with E-state index in [0.717, 1.165) is 38.2 Å². The molecule has 0 atom stereocenters. The van der Waals surface area contributed by atoms with E-state index in [9.17, 15) is 4.79 Å². The van der Waals surface area contributed by atoms with Gasteiger partial charge in [-0.3, -0.25) is 14.4 Å². The van der Waals surface area contributed by atoms with Crippen LogP contribution >= 0.6 is 0 Å². The van der Waals surface area contributed by atoms with Crippen LogP contribution in [-0.2, 0) is 23.1 Å². The lowest BCUT2D eigenvalue weighted by molar-refractivity contribution is -0.142. The van der Waals surface area contributed by atoms with E-state index >= 15 is 0 Å². The molecule has 1 aliphatic rings. The number of hydrogen-bond donors (Lipinski definition) is 0. The summed E-state index contributed by atoms with van der Waals surface area (Å²) in [6.45, 7) is 5.06. The van der Waals surface area contributed by atoms with Crippen LogP contribution in [0.2, 0.25) is 0 Å². The van der Waals surface area contributed by atoms with Crippen LogP contribution in [-0.4, -0.2) is 40.8 Å². The number of esters is 1. The third kappa shape index (κ3) is 3.80. The van der Waals surface area contributed by atoms with Gasteiger partial charge in [-0.15, -0.1) is 0 Å². The Hall–Kier alpha value is -1.36. The van der Waals surface area contributed by atoms with Crippen molar-refractivity contribution in [3.8, 4) is 0 Å². The maximum Gasteiger partial charge on any atom is 0.305 e. The van der Waals surface area contributed by atoms with Crippen LogP contribution in [0.25, 0.3) is 0 Å². The Bertz CT molecular complexity index is 434. The highest BCUT2D eigenvalue weighted by molar-refractivity contribution is 5.69. The van der Waals surface area contributed by atoms with Crippen LogP contribution in [0.1, 0.15) is 30.7 Å². The number of aryl methyl sites for hydroxylation is 2. The molecule has 0 radical (unpaired) electrons.